The minimum absolute atomic E-state index is 0.0525. The maximum atomic E-state index is 13.8. The van der Waals surface area contributed by atoms with Crippen molar-refractivity contribution in [2.75, 3.05) is 39.8 Å². The molecular weight excluding hydrogens is 414 g/mol. The molecule has 3 rings (SSSR count). The molecule has 0 radical (unpaired) electrons. The van der Waals surface area contributed by atoms with Crippen LogP contribution >= 0.6 is 0 Å². The molecule has 1 heterocycles. The molecule has 0 spiro atoms. The van der Waals surface area contributed by atoms with E-state index in [0.29, 0.717) is 48.6 Å². The zero-order chi connectivity index (χ0) is 22.6. The summed E-state index contributed by atoms with van der Waals surface area (Å²) in [7, 11) is -2.37. The highest BCUT2D eigenvalue weighted by atomic mass is 32.2. The van der Waals surface area contributed by atoms with E-state index in [0.717, 1.165) is 5.56 Å². The standard InChI is InChI=1S/C23H31N3O4S/c1-17-13-18(2)23(19(3)14-17)31(28,29)26(15-20-7-5-6-8-21(20)30-4)16-22(27)25-11-9-24-10-12-25/h5-8,13-14,24H,9-12,15-16H2,1-4H3. The first-order chi connectivity index (χ1) is 14.7. The number of methoxy groups -OCH3 is 1. The highest BCUT2D eigenvalue weighted by Gasteiger charge is 2.32. The molecule has 0 atom stereocenters. The number of carbonyl (C=O) groups excluding carboxylic acids is 1. The quantitative estimate of drug-likeness (QED) is 0.707. The fourth-order valence-corrected chi connectivity index (χ4v) is 5.90. The number of ether oxygens (including phenoxy) is 1. The van der Waals surface area contributed by atoms with Crippen molar-refractivity contribution in [3.63, 3.8) is 0 Å². The normalized spacial score (nSPS) is 14.7. The van der Waals surface area contributed by atoms with E-state index in [-0.39, 0.29) is 23.9 Å². The number of amides is 1. The topological polar surface area (TPSA) is 79.0 Å². The van der Waals surface area contributed by atoms with Gasteiger partial charge in [-0.1, -0.05) is 35.9 Å². The fourth-order valence-electron chi connectivity index (χ4n) is 4.12. The number of rotatable bonds is 7. The van der Waals surface area contributed by atoms with E-state index < -0.39 is 10.0 Å². The van der Waals surface area contributed by atoms with Crippen LogP contribution < -0.4 is 10.1 Å². The van der Waals surface area contributed by atoms with Gasteiger partial charge in [0.2, 0.25) is 15.9 Å². The Morgan fingerprint density at radius 1 is 1.10 bits per heavy atom. The number of nitrogens with zero attached hydrogens (tertiary/aromatic N) is 2. The zero-order valence-corrected chi connectivity index (χ0v) is 19.5. The second-order valence-corrected chi connectivity index (χ2v) is 9.82. The van der Waals surface area contributed by atoms with E-state index in [2.05, 4.69) is 5.32 Å². The van der Waals surface area contributed by atoms with E-state index in [4.69, 9.17) is 4.74 Å². The van der Waals surface area contributed by atoms with Gasteiger partial charge < -0.3 is 15.0 Å². The van der Waals surface area contributed by atoms with Crippen molar-refractivity contribution in [3.8, 4) is 5.75 Å². The lowest BCUT2D eigenvalue weighted by Gasteiger charge is -2.31. The van der Waals surface area contributed by atoms with Crippen molar-refractivity contribution in [2.24, 2.45) is 0 Å². The molecule has 2 aromatic rings. The maximum absolute atomic E-state index is 13.8. The van der Waals surface area contributed by atoms with Crippen molar-refractivity contribution in [1.29, 1.82) is 0 Å². The first kappa shape index (κ1) is 23.2. The second-order valence-electron chi connectivity index (χ2n) is 7.94. The molecule has 0 aliphatic carbocycles. The molecule has 1 saturated heterocycles. The Kier molecular flexibility index (Phi) is 7.35. The van der Waals surface area contributed by atoms with Crippen molar-refractivity contribution in [2.45, 2.75) is 32.2 Å². The molecule has 0 aromatic heterocycles. The lowest BCUT2D eigenvalue weighted by molar-refractivity contribution is -0.132. The molecule has 1 amide bonds. The summed E-state index contributed by atoms with van der Waals surface area (Å²) in [5, 5.41) is 3.21. The summed E-state index contributed by atoms with van der Waals surface area (Å²) in [6.07, 6.45) is 0. The number of benzene rings is 2. The molecule has 8 heteroatoms. The van der Waals surface area contributed by atoms with Crippen LogP contribution in [-0.2, 0) is 21.4 Å². The Morgan fingerprint density at radius 3 is 2.32 bits per heavy atom. The molecule has 1 aliphatic heterocycles. The summed E-state index contributed by atoms with van der Waals surface area (Å²) >= 11 is 0. The number of hydrogen-bond acceptors (Lipinski definition) is 5. The first-order valence-corrected chi connectivity index (χ1v) is 11.9. The largest absolute Gasteiger partial charge is 0.496 e. The molecule has 1 fully saturated rings. The molecule has 31 heavy (non-hydrogen) atoms. The molecule has 1 N–H and O–H groups in total. The van der Waals surface area contributed by atoms with E-state index >= 15 is 0 Å². The van der Waals surface area contributed by atoms with Gasteiger partial charge in [-0.15, -0.1) is 0 Å². The Bertz CT molecular complexity index is 1020. The number of carbonyl (C=O) groups is 1. The predicted molar refractivity (Wildman–Crippen MR) is 121 cm³/mol. The van der Waals surface area contributed by atoms with Crippen LogP contribution in [0.4, 0.5) is 0 Å². The predicted octanol–water partition coefficient (Wildman–Crippen LogP) is 2.24. The van der Waals surface area contributed by atoms with Gasteiger partial charge in [-0.05, 0) is 38.0 Å². The van der Waals surface area contributed by atoms with Crippen molar-refractivity contribution in [3.05, 3.63) is 58.7 Å². The van der Waals surface area contributed by atoms with Crippen LogP contribution in [0.5, 0.6) is 5.75 Å². The van der Waals surface area contributed by atoms with Crippen LogP contribution in [0.15, 0.2) is 41.3 Å². The van der Waals surface area contributed by atoms with Gasteiger partial charge in [-0.2, -0.15) is 4.31 Å². The number of nitrogens with one attached hydrogen (secondary N) is 1. The summed E-state index contributed by atoms with van der Waals surface area (Å²) in [6, 6.07) is 11.0. The molecule has 0 unspecified atom stereocenters. The summed E-state index contributed by atoms with van der Waals surface area (Å²) in [6.45, 7) is 7.94. The Labute approximate surface area is 185 Å². The minimum Gasteiger partial charge on any atom is -0.496 e. The number of aryl methyl sites for hydroxylation is 3. The minimum atomic E-state index is -3.92. The molecule has 0 saturated carbocycles. The third-order valence-corrected chi connectivity index (χ3v) is 7.62. The van der Waals surface area contributed by atoms with E-state index in [1.165, 1.54) is 4.31 Å². The lowest BCUT2D eigenvalue weighted by Crippen LogP contribution is -2.50. The number of sulfonamides is 1. The average Bonchev–Trinajstić information content (AvgIpc) is 2.73. The van der Waals surface area contributed by atoms with Crippen LogP contribution in [0.25, 0.3) is 0 Å². The van der Waals surface area contributed by atoms with Gasteiger partial charge >= 0.3 is 0 Å². The van der Waals surface area contributed by atoms with E-state index in [9.17, 15) is 13.2 Å². The number of piperazine rings is 1. The highest BCUT2D eigenvalue weighted by molar-refractivity contribution is 7.89. The maximum Gasteiger partial charge on any atom is 0.244 e. The van der Waals surface area contributed by atoms with Gasteiger partial charge in [-0.25, -0.2) is 8.42 Å². The third kappa shape index (κ3) is 5.26. The SMILES string of the molecule is COc1ccccc1CN(CC(=O)N1CCNCC1)S(=O)(=O)c1c(C)cc(C)cc1C. The first-order valence-electron chi connectivity index (χ1n) is 10.4. The van der Waals surface area contributed by atoms with Crippen LogP contribution in [0, 0.1) is 20.8 Å². The molecule has 168 valence electrons. The van der Waals surface area contributed by atoms with E-state index in [1.807, 2.05) is 37.3 Å². The Hall–Kier alpha value is -2.42. The Balaban J connectivity index is 2.01. The van der Waals surface area contributed by atoms with Gasteiger partial charge in [0.05, 0.1) is 18.6 Å². The van der Waals surface area contributed by atoms with Gasteiger partial charge in [0.25, 0.3) is 0 Å². The smallest absolute Gasteiger partial charge is 0.244 e. The zero-order valence-electron chi connectivity index (χ0n) is 18.6. The summed E-state index contributed by atoms with van der Waals surface area (Å²) in [5.41, 5.74) is 3.07. The van der Waals surface area contributed by atoms with Crippen molar-refractivity contribution in [1.82, 2.24) is 14.5 Å². The summed E-state index contributed by atoms with van der Waals surface area (Å²) < 4.78 is 34.3. The molecule has 1 aliphatic rings. The van der Waals surface area contributed by atoms with Crippen LogP contribution in [0.3, 0.4) is 0 Å². The Morgan fingerprint density at radius 2 is 1.71 bits per heavy atom. The summed E-state index contributed by atoms with van der Waals surface area (Å²) in [4.78, 5) is 15.0. The molecule has 2 aromatic carbocycles. The number of hydrogen-bond donors (Lipinski definition) is 1. The molecular formula is C23H31N3O4S. The van der Waals surface area contributed by atoms with Gasteiger partial charge in [0.1, 0.15) is 5.75 Å². The van der Waals surface area contributed by atoms with Crippen molar-refractivity contribution < 1.29 is 17.9 Å². The lowest BCUT2D eigenvalue weighted by atomic mass is 10.1. The molecule has 0 bridgehead atoms. The highest BCUT2D eigenvalue weighted by Crippen LogP contribution is 2.28. The van der Waals surface area contributed by atoms with Crippen LogP contribution in [-0.4, -0.2) is 63.4 Å². The van der Waals surface area contributed by atoms with Crippen LogP contribution in [0.2, 0.25) is 0 Å². The van der Waals surface area contributed by atoms with Gasteiger partial charge in [0.15, 0.2) is 0 Å². The van der Waals surface area contributed by atoms with Crippen LogP contribution in [0.1, 0.15) is 22.3 Å². The second kappa shape index (κ2) is 9.80. The average molecular weight is 446 g/mol. The summed E-state index contributed by atoms with van der Waals surface area (Å²) in [5.74, 6) is 0.400. The third-order valence-electron chi connectivity index (χ3n) is 5.52. The monoisotopic (exact) mass is 445 g/mol. The fraction of sp³-hybridized carbons (Fsp3) is 0.435. The number of para-hydroxylation sites is 1. The van der Waals surface area contributed by atoms with Gasteiger partial charge in [0, 0.05) is 38.3 Å². The molecule has 7 nitrogen and oxygen atoms in total. The van der Waals surface area contributed by atoms with Gasteiger partial charge in [-0.3, -0.25) is 4.79 Å². The van der Waals surface area contributed by atoms with Crippen molar-refractivity contribution >= 4 is 15.9 Å². The van der Waals surface area contributed by atoms with E-state index in [1.54, 1.807) is 31.9 Å².